The van der Waals surface area contributed by atoms with E-state index in [2.05, 4.69) is 27.0 Å². The lowest BCUT2D eigenvalue weighted by Crippen LogP contribution is -1.82. The monoisotopic (exact) mass is 273 g/mol. The number of aromatic nitrogens is 1. The zero-order chi connectivity index (χ0) is 11.1. The minimum atomic E-state index is 0.247. The third-order valence-corrected chi connectivity index (χ3v) is 3.05. The Balaban J connectivity index is 2.44. The first-order valence-corrected chi connectivity index (χ1v) is 5.71. The van der Waals surface area contributed by atoms with Crippen molar-refractivity contribution < 1.29 is 5.11 Å². The summed E-state index contributed by atoms with van der Waals surface area (Å²) in [5.41, 5.74) is 1.75. The Morgan fingerprint density at radius 3 is 2.62 bits per heavy atom. The van der Waals surface area contributed by atoms with Crippen molar-refractivity contribution in [2.24, 2.45) is 0 Å². The average Bonchev–Trinajstić information content (AvgIpc) is 2.26. The van der Waals surface area contributed by atoms with Crippen LogP contribution in [0.1, 0.15) is 0 Å². The summed E-state index contributed by atoms with van der Waals surface area (Å²) in [6.45, 7) is 0. The second-order valence-electron chi connectivity index (χ2n) is 3.70. The van der Waals surface area contributed by atoms with Crippen molar-refractivity contribution in [3.05, 3.63) is 46.9 Å². The number of aromatic hydroxyl groups is 1. The number of nitrogens with zero attached hydrogens (tertiary/aromatic N) is 1. The van der Waals surface area contributed by atoms with E-state index in [1.807, 2.05) is 24.3 Å². The highest BCUT2D eigenvalue weighted by Crippen LogP contribution is 2.24. The van der Waals surface area contributed by atoms with Gasteiger partial charge in [0.15, 0.2) is 0 Å². The van der Waals surface area contributed by atoms with Gasteiger partial charge in [-0.25, -0.2) is 4.98 Å². The van der Waals surface area contributed by atoms with Crippen molar-refractivity contribution in [1.29, 1.82) is 0 Å². The van der Waals surface area contributed by atoms with E-state index in [0.717, 1.165) is 26.3 Å². The number of hydrogen-bond acceptors (Lipinski definition) is 2. The van der Waals surface area contributed by atoms with Gasteiger partial charge in [-0.05, 0) is 36.4 Å². The fourth-order valence-electron chi connectivity index (χ4n) is 1.79. The van der Waals surface area contributed by atoms with Crippen LogP contribution in [0.3, 0.4) is 0 Å². The summed E-state index contributed by atoms with van der Waals surface area (Å²) in [6.07, 6.45) is 0. The van der Waals surface area contributed by atoms with Crippen LogP contribution in [-0.4, -0.2) is 10.1 Å². The van der Waals surface area contributed by atoms with Gasteiger partial charge in [-0.3, -0.25) is 0 Å². The fourth-order valence-corrected chi connectivity index (χ4v) is 2.17. The van der Waals surface area contributed by atoms with E-state index in [1.165, 1.54) is 0 Å². The van der Waals surface area contributed by atoms with Crippen LogP contribution in [0, 0.1) is 0 Å². The topological polar surface area (TPSA) is 33.1 Å². The lowest BCUT2D eigenvalue weighted by atomic mass is 10.1. The number of phenolic OH excluding ortho intramolecular Hbond substituents is 1. The Labute approximate surface area is 101 Å². The van der Waals surface area contributed by atoms with Crippen LogP contribution >= 0.6 is 15.9 Å². The third kappa shape index (κ3) is 1.53. The Hall–Kier alpha value is -1.61. The SMILES string of the molecule is Oc1ccc2cc3cc(Br)ccc3nc2c1. The number of phenols is 1. The second kappa shape index (κ2) is 3.46. The highest BCUT2D eigenvalue weighted by Gasteiger charge is 2.01. The summed E-state index contributed by atoms with van der Waals surface area (Å²) in [4.78, 5) is 4.50. The van der Waals surface area contributed by atoms with Gasteiger partial charge in [0, 0.05) is 21.3 Å². The van der Waals surface area contributed by atoms with E-state index < -0.39 is 0 Å². The molecule has 78 valence electrons. The van der Waals surface area contributed by atoms with Crippen LogP contribution in [0.4, 0.5) is 0 Å². The molecule has 0 unspecified atom stereocenters. The highest BCUT2D eigenvalue weighted by molar-refractivity contribution is 9.10. The first kappa shape index (κ1) is 9.60. The molecule has 0 aliphatic rings. The molecular formula is C13H8BrNO. The van der Waals surface area contributed by atoms with Crippen LogP contribution in [-0.2, 0) is 0 Å². The summed E-state index contributed by atoms with van der Waals surface area (Å²) >= 11 is 3.44. The molecule has 0 bridgehead atoms. The predicted molar refractivity (Wildman–Crippen MR) is 68.6 cm³/mol. The lowest BCUT2D eigenvalue weighted by molar-refractivity contribution is 0.476. The molecule has 3 heteroatoms. The van der Waals surface area contributed by atoms with Crippen LogP contribution < -0.4 is 0 Å². The molecule has 0 amide bonds. The van der Waals surface area contributed by atoms with Crippen molar-refractivity contribution in [2.75, 3.05) is 0 Å². The van der Waals surface area contributed by atoms with Crippen molar-refractivity contribution in [3.8, 4) is 5.75 Å². The van der Waals surface area contributed by atoms with Crippen LogP contribution in [0.15, 0.2) is 46.9 Å². The first-order chi connectivity index (χ1) is 7.72. The summed E-state index contributed by atoms with van der Waals surface area (Å²) in [5.74, 6) is 0.247. The van der Waals surface area contributed by atoms with E-state index in [-0.39, 0.29) is 5.75 Å². The molecule has 16 heavy (non-hydrogen) atoms. The zero-order valence-corrected chi connectivity index (χ0v) is 9.90. The number of benzene rings is 2. The summed E-state index contributed by atoms with van der Waals surface area (Å²) in [6, 6.07) is 13.3. The van der Waals surface area contributed by atoms with E-state index in [4.69, 9.17) is 0 Å². The largest absolute Gasteiger partial charge is 0.508 e. The zero-order valence-electron chi connectivity index (χ0n) is 8.31. The standard InChI is InChI=1S/C13H8BrNO/c14-10-2-4-12-9(6-10)5-8-1-3-11(16)7-13(8)15-12/h1-7,16H. The van der Waals surface area contributed by atoms with Gasteiger partial charge in [0.1, 0.15) is 5.75 Å². The Kier molecular flexibility index (Phi) is 2.07. The van der Waals surface area contributed by atoms with Gasteiger partial charge in [-0.1, -0.05) is 15.9 Å². The smallest absolute Gasteiger partial charge is 0.117 e. The van der Waals surface area contributed by atoms with Crippen molar-refractivity contribution in [2.45, 2.75) is 0 Å². The average molecular weight is 274 g/mol. The van der Waals surface area contributed by atoms with Gasteiger partial charge in [0.2, 0.25) is 0 Å². The van der Waals surface area contributed by atoms with Gasteiger partial charge in [-0.2, -0.15) is 0 Å². The molecular weight excluding hydrogens is 266 g/mol. The maximum Gasteiger partial charge on any atom is 0.117 e. The Bertz CT molecular complexity index is 632. The first-order valence-electron chi connectivity index (χ1n) is 4.91. The third-order valence-electron chi connectivity index (χ3n) is 2.56. The normalized spacial score (nSPS) is 11.1. The van der Waals surface area contributed by atoms with Crippen molar-refractivity contribution in [1.82, 2.24) is 4.98 Å². The Morgan fingerprint density at radius 1 is 0.875 bits per heavy atom. The number of halogens is 1. The molecule has 0 aliphatic carbocycles. The molecule has 3 rings (SSSR count). The second-order valence-corrected chi connectivity index (χ2v) is 4.62. The molecule has 0 spiro atoms. The fraction of sp³-hybridized carbons (Fsp3) is 0. The quantitative estimate of drug-likeness (QED) is 0.631. The number of rotatable bonds is 0. The van der Waals surface area contributed by atoms with Crippen molar-refractivity contribution in [3.63, 3.8) is 0 Å². The van der Waals surface area contributed by atoms with Gasteiger partial charge in [-0.15, -0.1) is 0 Å². The van der Waals surface area contributed by atoms with Gasteiger partial charge >= 0.3 is 0 Å². The van der Waals surface area contributed by atoms with E-state index in [1.54, 1.807) is 12.1 Å². The molecule has 1 heterocycles. The van der Waals surface area contributed by atoms with Gasteiger partial charge in [0.05, 0.1) is 11.0 Å². The highest BCUT2D eigenvalue weighted by atomic mass is 79.9. The number of hydrogen-bond donors (Lipinski definition) is 1. The molecule has 1 N–H and O–H groups in total. The molecule has 0 fully saturated rings. The van der Waals surface area contributed by atoms with Gasteiger partial charge in [0.25, 0.3) is 0 Å². The Morgan fingerprint density at radius 2 is 1.75 bits per heavy atom. The summed E-state index contributed by atoms with van der Waals surface area (Å²) in [7, 11) is 0. The molecule has 0 aliphatic heterocycles. The van der Waals surface area contributed by atoms with Crippen molar-refractivity contribution >= 4 is 37.7 Å². The van der Waals surface area contributed by atoms with Crippen LogP contribution in [0.2, 0.25) is 0 Å². The maximum absolute atomic E-state index is 9.40. The van der Waals surface area contributed by atoms with Crippen LogP contribution in [0.25, 0.3) is 21.8 Å². The van der Waals surface area contributed by atoms with E-state index in [9.17, 15) is 5.11 Å². The van der Waals surface area contributed by atoms with Crippen LogP contribution in [0.5, 0.6) is 5.75 Å². The minimum absolute atomic E-state index is 0.247. The molecule has 0 atom stereocenters. The number of fused-ring (bicyclic) bond motifs is 2. The molecule has 1 aromatic heterocycles. The number of pyridine rings is 1. The molecule has 0 saturated carbocycles. The molecule has 3 aromatic rings. The van der Waals surface area contributed by atoms with E-state index >= 15 is 0 Å². The molecule has 2 aromatic carbocycles. The maximum atomic E-state index is 9.40. The molecule has 0 radical (unpaired) electrons. The predicted octanol–water partition coefficient (Wildman–Crippen LogP) is 3.86. The van der Waals surface area contributed by atoms with E-state index in [0.29, 0.717) is 0 Å². The van der Waals surface area contributed by atoms with Gasteiger partial charge < -0.3 is 5.11 Å². The summed E-state index contributed by atoms with van der Waals surface area (Å²) in [5, 5.41) is 11.5. The molecule has 0 saturated heterocycles. The lowest BCUT2D eigenvalue weighted by Gasteiger charge is -2.02. The molecule has 2 nitrogen and oxygen atoms in total. The summed E-state index contributed by atoms with van der Waals surface area (Å²) < 4.78 is 1.04. The minimum Gasteiger partial charge on any atom is -0.508 e.